The number of thiophene rings is 1. The minimum Gasteiger partial charge on any atom is -0.462 e. The van der Waals surface area contributed by atoms with Crippen LogP contribution in [0.4, 0.5) is 5.00 Å². The lowest BCUT2D eigenvalue weighted by atomic mass is 9.95. The first-order valence-corrected chi connectivity index (χ1v) is 11.0. The predicted molar refractivity (Wildman–Crippen MR) is 115 cm³/mol. The number of hydrogen-bond donors (Lipinski definition) is 2. The van der Waals surface area contributed by atoms with Crippen LogP contribution < -0.4 is 11.3 Å². The Labute approximate surface area is 182 Å². The highest BCUT2D eigenvalue weighted by molar-refractivity contribution is 7.16. The normalized spacial score (nSPS) is 14.0. The van der Waals surface area contributed by atoms with Crippen molar-refractivity contribution in [2.75, 3.05) is 6.61 Å². The number of carbonyl (C=O) groups is 2. The van der Waals surface area contributed by atoms with Gasteiger partial charge < -0.3 is 20.0 Å². The number of aryl methyl sites for hydroxylation is 2. The summed E-state index contributed by atoms with van der Waals surface area (Å²) in [5, 5.41) is 10.6. The molecule has 1 amide bonds. The second-order valence-corrected chi connectivity index (χ2v) is 8.41. The molecule has 3 N–H and O–H groups in total. The van der Waals surface area contributed by atoms with E-state index in [4.69, 9.17) is 14.9 Å². The van der Waals surface area contributed by atoms with Gasteiger partial charge in [0, 0.05) is 22.0 Å². The molecule has 3 heterocycles. The molecule has 0 spiro atoms. The maximum absolute atomic E-state index is 12.7. The average Bonchev–Trinajstić information content (AvgIpc) is 3.12. The first-order valence-electron chi connectivity index (χ1n) is 10.1. The van der Waals surface area contributed by atoms with Crippen LogP contribution in [0.25, 0.3) is 11.0 Å². The number of aliphatic hydroxyl groups is 1. The number of nitrogens with two attached hydrogens (primary N) is 1. The van der Waals surface area contributed by atoms with Gasteiger partial charge in [-0.2, -0.15) is 0 Å². The zero-order valence-corrected chi connectivity index (χ0v) is 18.2. The lowest BCUT2D eigenvalue weighted by molar-refractivity contribution is 0.0526. The van der Waals surface area contributed by atoms with Gasteiger partial charge in [-0.3, -0.25) is 9.78 Å². The largest absolute Gasteiger partial charge is 0.462 e. The van der Waals surface area contributed by atoms with Gasteiger partial charge in [-0.15, -0.1) is 11.3 Å². The fourth-order valence-corrected chi connectivity index (χ4v) is 5.05. The van der Waals surface area contributed by atoms with Crippen LogP contribution in [0.15, 0.2) is 21.7 Å². The van der Waals surface area contributed by atoms with Gasteiger partial charge in [0.15, 0.2) is 5.58 Å². The Morgan fingerprint density at radius 3 is 2.84 bits per heavy atom. The number of aromatic nitrogens is 1. The van der Waals surface area contributed by atoms with E-state index in [0.717, 1.165) is 36.1 Å². The van der Waals surface area contributed by atoms with E-state index >= 15 is 0 Å². The highest BCUT2D eigenvalue weighted by Gasteiger charge is 2.27. The molecule has 3 aromatic rings. The summed E-state index contributed by atoms with van der Waals surface area (Å²) in [6.07, 6.45) is 5.24. The van der Waals surface area contributed by atoms with Crippen molar-refractivity contribution in [2.45, 2.75) is 46.1 Å². The van der Waals surface area contributed by atoms with E-state index in [-0.39, 0.29) is 24.3 Å². The van der Waals surface area contributed by atoms with Gasteiger partial charge in [-0.25, -0.2) is 9.79 Å². The second-order valence-electron chi connectivity index (χ2n) is 7.32. The molecule has 0 radical (unpaired) electrons. The Bertz CT molecular complexity index is 1260. The highest BCUT2D eigenvalue weighted by Crippen LogP contribution is 2.40. The van der Waals surface area contributed by atoms with Crippen molar-refractivity contribution in [3.05, 3.63) is 50.6 Å². The van der Waals surface area contributed by atoms with Crippen molar-refractivity contribution in [1.29, 1.82) is 0 Å². The number of pyridine rings is 1. The van der Waals surface area contributed by atoms with E-state index in [1.807, 2.05) is 0 Å². The van der Waals surface area contributed by atoms with Crippen molar-refractivity contribution in [2.24, 2.45) is 10.7 Å². The lowest BCUT2D eigenvalue weighted by Gasteiger charge is -2.11. The maximum Gasteiger partial charge on any atom is 0.341 e. The van der Waals surface area contributed by atoms with Gasteiger partial charge in [0.1, 0.15) is 10.6 Å². The Morgan fingerprint density at radius 2 is 2.13 bits per heavy atom. The van der Waals surface area contributed by atoms with E-state index in [9.17, 15) is 14.7 Å². The third-order valence-electron chi connectivity index (χ3n) is 5.32. The molecule has 0 aromatic carbocycles. The summed E-state index contributed by atoms with van der Waals surface area (Å²) < 4.78 is 11.2. The number of nitrogens with zero attached hydrogens (tertiary/aromatic N) is 2. The summed E-state index contributed by atoms with van der Waals surface area (Å²) in [4.78, 5) is 34.8. The Balaban J connectivity index is 2.01. The van der Waals surface area contributed by atoms with Crippen molar-refractivity contribution in [3.63, 3.8) is 0 Å². The van der Waals surface area contributed by atoms with Crippen LogP contribution in [0.5, 0.6) is 0 Å². The molecule has 3 aromatic heterocycles. The van der Waals surface area contributed by atoms with Crippen molar-refractivity contribution in [3.8, 4) is 0 Å². The number of amides is 1. The summed E-state index contributed by atoms with van der Waals surface area (Å²) in [6.45, 7) is 3.50. The average molecular weight is 442 g/mol. The van der Waals surface area contributed by atoms with E-state index in [0.29, 0.717) is 32.8 Å². The Morgan fingerprint density at radius 1 is 1.35 bits per heavy atom. The standard InChI is InChI=1S/C22H23N3O5S/c1-3-29-22(28)17-13-6-4-5-7-16(13)31-21(17)25-20-15(19(23)27)8-14-12(10-26)9-24-11(2)18(14)30-20/h8-9,26H,3-7,10H2,1-2H3,(H2,23,27). The van der Waals surface area contributed by atoms with Crippen molar-refractivity contribution < 1.29 is 23.8 Å². The summed E-state index contributed by atoms with van der Waals surface area (Å²) >= 11 is 1.41. The first-order chi connectivity index (χ1) is 14.9. The minimum absolute atomic E-state index is 0.00383. The quantitative estimate of drug-likeness (QED) is 0.586. The number of hydrogen-bond acceptors (Lipinski definition) is 8. The zero-order valence-electron chi connectivity index (χ0n) is 17.4. The van der Waals surface area contributed by atoms with Gasteiger partial charge in [0.2, 0.25) is 5.55 Å². The smallest absolute Gasteiger partial charge is 0.341 e. The van der Waals surface area contributed by atoms with Crippen LogP contribution in [0.1, 0.15) is 62.2 Å². The minimum atomic E-state index is -0.721. The number of fused-ring (bicyclic) bond motifs is 2. The van der Waals surface area contributed by atoms with Crippen LogP contribution in [0, 0.1) is 6.92 Å². The van der Waals surface area contributed by atoms with Crippen molar-refractivity contribution in [1.82, 2.24) is 4.98 Å². The van der Waals surface area contributed by atoms with Gasteiger partial charge in [-0.1, -0.05) is 0 Å². The Kier molecular flexibility index (Phi) is 5.88. The third kappa shape index (κ3) is 3.86. The molecule has 0 bridgehead atoms. The fraction of sp³-hybridized carbons (Fsp3) is 0.364. The SMILES string of the molecule is CCOC(=O)c1c(N=c2oc3c(C)ncc(CO)c3cc2C(N)=O)sc2c1CCCC2. The van der Waals surface area contributed by atoms with Gasteiger partial charge in [0.05, 0.1) is 24.5 Å². The highest BCUT2D eigenvalue weighted by atomic mass is 32.1. The summed E-state index contributed by atoms with van der Waals surface area (Å²) in [5.74, 6) is -1.15. The van der Waals surface area contributed by atoms with Crippen LogP contribution in [0.3, 0.4) is 0 Å². The zero-order chi connectivity index (χ0) is 22.1. The molecule has 0 fully saturated rings. The molecule has 0 atom stereocenters. The lowest BCUT2D eigenvalue weighted by Crippen LogP contribution is -2.22. The van der Waals surface area contributed by atoms with Crippen LogP contribution in [-0.4, -0.2) is 28.6 Å². The number of primary amides is 1. The molecule has 1 aliphatic rings. The fourth-order valence-electron chi connectivity index (χ4n) is 3.81. The second kappa shape index (κ2) is 8.60. The van der Waals surface area contributed by atoms with Gasteiger partial charge in [-0.05, 0) is 51.2 Å². The molecular formula is C22H23N3O5S. The predicted octanol–water partition coefficient (Wildman–Crippen LogP) is 3.08. The van der Waals surface area contributed by atoms with Crippen molar-refractivity contribution >= 4 is 39.2 Å². The van der Waals surface area contributed by atoms with E-state index in [1.54, 1.807) is 19.9 Å². The molecule has 9 heteroatoms. The summed E-state index contributed by atoms with van der Waals surface area (Å²) in [5.41, 5.74) is 8.57. The number of esters is 1. The van der Waals surface area contributed by atoms with Gasteiger partial charge >= 0.3 is 5.97 Å². The molecule has 4 rings (SSSR count). The molecule has 0 unspecified atom stereocenters. The molecular weight excluding hydrogens is 418 g/mol. The molecule has 1 aliphatic carbocycles. The first kappa shape index (κ1) is 21.2. The topological polar surface area (TPSA) is 128 Å². The molecule has 0 saturated carbocycles. The molecule has 0 saturated heterocycles. The van der Waals surface area contributed by atoms with E-state index in [2.05, 4.69) is 9.98 Å². The molecule has 162 valence electrons. The van der Waals surface area contributed by atoms with Crippen LogP contribution >= 0.6 is 11.3 Å². The molecule has 8 nitrogen and oxygen atoms in total. The number of ether oxygens (including phenoxy) is 1. The van der Waals surface area contributed by atoms with Crippen LogP contribution in [0.2, 0.25) is 0 Å². The Hall–Kier alpha value is -3.04. The van der Waals surface area contributed by atoms with E-state index in [1.165, 1.54) is 17.5 Å². The van der Waals surface area contributed by atoms with E-state index < -0.39 is 11.9 Å². The molecule has 0 aliphatic heterocycles. The maximum atomic E-state index is 12.7. The molecule has 31 heavy (non-hydrogen) atoms. The summed E-state index contributed by atoms with van der Waals surface area (Å²) in [6, 6.07) is 1.55. The number of rotatable bonds is 5. The number of aliphatic hydroxyl groups excluding tert-OH is 1. The third-order valence-corrected chi connectivity index (χ3v) is 6.51. The van der Waals surface area contributed by atoms with Gasteiger partial charge in [0.25, 0.3) is 5.91 Å². The number of carbonyl (C=O) groups excluding carboxylic acids is 2. The van der Waals surface area contributed by atoms with Crippen LogP contribution in [-0.2, 0) is 24.2 Å². The summed E-state index contributed by atoms with van der Waals surface area (Å²) in [7, 11) is 0. The monoisotopic (exact) mass is 441 g/mol.